The van der Waals surface area contributed by atoms with E-state index in [4.69, 9.17) is 16.9 Å². The molecule has 0 fully saturated rings. The van der Waals surface area contributed by atoms with Crippen LogP contribution in [0.2, 0.25) is 5.15 Å². The highest BCUT2D eigenvalue weighted by Gasteiger charge is 2.23. The molecule has 0 spiro atoms. The van der Waals surface area contributed by atoms with E-state index in [0.717, 1.165) is 10.2 Å². The molecule has 0 unspecified atom stereocenters. The fraction of sp³-hybridized carbons (Fsp3) is 0.167. The fourth-order valence-electron chi connectivity index (χ4n) is 1.53. The maximum Gasteiger partial charge on any atom is 0.283 e. The summed E-state index contributed by atoms with van der Waals surface area (Å²) in [5, 5.41) is 12.4. The maximum atomic E-state index is 12.7. The van der Waals surface area contributed by atoms with Crippen LogP contribution in [0.1, 0.15) is 23.2 Å². The van der Waals surface area contributed by atoms with Crippen LogP contribution in [0.15, 0.2) is 24.3 Å². The Labute approximate surface area is 107 Å². The van der Waals surface area contributed by atoms with Gasteiger partial charge in [0.25, 0.3) is 6.43 Å². The lowest BCUT2D eigenvalue weighted by atomic mass is 10.2. The first kappa shape index (κ1) is 12.5. The van der Waals surface area contributed by atoms with Crippen LogP contribution in [0.3, 0.4) is 0 Å². The van der Waals surface area contributed by atoms with Gasteiger partial charge in [-0.15, -0.1) is 0 Å². The molecule has 3 nitrogen and oxygen atoms in total. The zero-order chi connectivity index (χ0) is 13.3. The molecular formula is C12H8ClF2N3. The number of hydrogen-bond donors (Lipinski definition) is 0. The van der Waals surface area contributed by atoms with Crippen molar-refractivity contribution in [3.8, 4) is 11.8 Å². The number of benzene rings is 1. The molecule has 18 heavy (non-hydrogen) atoms. The first-order valence-corrected chi connectivity index (χ1v) is 5.46. The van der Waals surface area contributed by atoms with Crippen LogP contribution in [0, 0.1) is 18.3 Å². The smallest absolute Gasteiger partial charge is 0.220 e. The molecule has 1 aromatic carbocycles. The summed E-state index contributed by atoms with van der Waals surface area (Å²) in [7, 11) is 0. The molecule has 0 aliphatic rings. The summed E-state index contributed by atoms with van der Waals surface area (Å²) in [4.78, 5) is 0. The predicted molar refractivity (Wildman–Crippen MR) is 63.0 cm³/mol. The molecule has 0 amide bonds. The minimum Gasteiger partial charge on any atom is -0.220 e. The zero-order valence-corrected chi connectivity index (χ0v) is 10.1. The van der Waals surface area contributed by atoms with Crippen molar-refractivity contribution in [2.75, 3.05) is 0 Å². The molecule has 0 bridgehead atoms. The van der Waals surface area contributed by atoms with Crippen molar-refractivity contribution in [3.05, 3.63) is 46.2 Å². The van der Waals surface area contributed by atoms with Gasteiger partial charge in [0.1, 0.15) is 17.3 Å². The van der Waals surface area contributed by atoms with Crippen molar-refractivity contribution in [1.29, 1.82) is 5.26 Å². The van der Waals surface area contributed by atoms with Crippen molar-refractivity contribution < 1.29 is 8.78 Å². The van der Waals surface area contributed by atoms with Gasteiger partial charge in [0.15, 0.2) is 5.15 Å². The standard InChI is InChI=1S/C12H8ClF2N3/c1-7-2-4-8(5-3-7)18-11(13)9(6-16)10(17-18)12(14)15/h2-5,12H,1H3. The molecule has 0 aliphatic heterocycles. The molecule has 0 atom stereocenters. The Morgan fingerprint density at radius 1 is 1.33 bits per heavy atom. The summed E-state index contributed by atoms with van der Waals surface area (Å²) in [5.41, 5.74) is 0.681. The molecule has 6 heteroatoms. The molecule has 92 valence electrons. The van der Waals surface area contributed by atoms with E-state index in [0.29, 0.717) is 5.69 Å². The van der Waals surface area contributed by atoms with Gasteiger partial charge in [-0.1, -0.05) is 29.3 Å². The summed E-state index contributed by atoms with van der Waals surface area (Å²) < 4.78 is 26.5. The Morgan fingerprint density at radius 2 is 1.94 bits per heavy atom. The van der Waals surface area contributed by atoms with Crippen LogP contribution in [0.4, 0.5) is 8.78 Å². The Bertz CT molecular complexity index is 611. The minimum atomic E-state index is -2.83. The summed E-state index contributed by atoms with van der Waals surface area (Å²) in [6.45, 7) is 1.90. The van der Waals surface area contributed by atoms with Crippen LogP contribution in [-0.2, 0) is 0 Å². The number of alkyl halides is 2. The van der Waals surface area contributed by atoms with Gasteiger partial charge in [0.2, 0.25) is 0 Å². The van der Waals surface area contributed by atoms with Gasteiger partial charge in [0.05, 0.1) is 5.69 Å². The molecule has 1 aromatic heterocycles. The van der Waals surface area contributed by atoms with Crippen LogP contribution in [-0.4, -0.2) is 9.78 Å². The summed E-state index contributed by atoms with van der Waals surface area (Å²) >= 11 is 5.89. The number of rotatable bonds is 2. The van der Waals surface area contributed by atoms with Gasteiger partial charge < -0.3 is 0 Å². The highest BCUT2D eigenvalue weighted by molar-refractivity contribution is 6.31. The van der Waals surface area contributed by atoms with Crippen molar-refractivity contribution in [3.63, 3.8) is 0 Å². The van der Waals surface area contributed by atoms with Gasteiger partial charge in [-0.05, 0) is 19.1 Å². The second-order valence-corrected chi connectivity index (χ2v) is 4.07. The monoisotopic (exact) mass is 267 g/mol. The van der Waals surface area contributed by atoms with E-state index in [9.17, 15) is 8.78 Å². The Hall–Kier alpha value is -1.93. The lowest BCUT2D eigenvalue weighted by Gasteiger charge is -2.02. The lowest BCUT2D eigenvalue weighted by Crippen LogP contribution is -1.97. The van der Waals surface area contributed by atoms with Crippen molar-refractivity contribution in [1.82, 2.24) is 9.78 Å². The first-order chi connectivity index (χ1) is 8.54. The number of hydrogen-bond acceptors (Lipinski definition) is 2. The summed E-state index contributed by atoms with van der Waals surface area (Å²) in [6.07, 6.45) is -2.83. The zero-order valence-electron chi connectivity index (χ0n) is 9.36. The SMILES string of the molecule is Cc1ccc(-n2nc(C(F)F)c(C#N)c2Cl)cc1. The summed E-state index contributed by atoms with van der Waals surface area (Å²) in [5.74, 6) is 0. The molecule has 2 rings (SSSR count). The highest BCUT2D eigenvalue weighted by atomic mass is 35.5. The largest absolute Gasteiger partial charge is 0.283 e. The highest BCUT2D eigenvalue weighted by Crippen LogP contribution is 2.29. The van der Waals surface area contributed by atoms with E-state index in [1.165, 1.54) is 0 Å². The van der Waals surface area contributed by atoms with Crippen molar-refractivity contribution in [2.24, 2.45) is 0 Å². The quantitative estimate of drug-likeness (QED) is 0.833. The normalized spacial score (nSPS) is 10.7. The maximum absolute atomic E-state index is 12.7. The second kappa shape index (κ2) is 4.75. The van der Waals surface area contributed by atoms with Gasteiger partial charge in [-0.2, -0.15) is 10.4 Å². The van der Waals surface area contributed by atoms with E-state index in [1.807, 2.05) is 6.92 Å². The van der Waals surface area contributed by atoms with E-state index in [-0.39, 0.29) is 10.7 Å². The van der Waals surface area contributed by atoms with E-state index < -0.39 is 12.1 Å². The van der Waals surface area contributed by atoms with E-state index >= 15 is 0 Å². The third-order valence-corrected chi connectivity index (χ3v) is 2.80. The Kier molecular flexibility index (Phi) is 3.30. The van der Waals surface area contributed by atoms with E-state index in [1.54, 1.807) is 30.3 Å². The Balaban J connectivity index is 2.59. The third kappa shape index (κ3) is 2.07. The lowest BCUT2D eigenvalue weighted by molar-refractivity contribution is 0.145. The first-order valence-electron chi connectivity index (χ1n) is 5.08. The number of aromatic nitrogens is 2. The van der Waals surface area contributed by atoms with Gasteiger partial charge in [-0.25, -0.2) is 13.5 Å². The number of halogens is 3. The van der Waals surface area contributed by atoms with Crippen LogP contribution in [0.5, 0.6) is 0 Å². The van der Waals surface area contributed by atoms with Crippen LogP contribution in [0.25, 0.3) is 5.69 Å². The number of nitrogens with zero attached hydrogens (tertiary/aromatic N) is 3. The predicted octanol–water partition coefficient (Wildman–Crippen LogP) is 3.64. The molecule has 2 aromatic rings. The number of aryl methyl sites for hydroxylation is 1. The molecule has 0 saturated heterocycles. The fourth-order valence-corrected chi connectivity index (χ4v) is 1.80. The molecule has 0 aliphatic carbocycles. The van der Waals surface area contributed by atoms with Crippen molar-refractivity contribution in [2.45, 2.75) is 13.3 Å². The third-order valence-electron chi connectivity index (χ3n) is 2.45. The van der Waals surface area contributed by atoms with Gasteiger partial charge in [0, 0.05) is 0 Å². The average molecular weight is 268 g/mol. The molecule has 1 heterocycles. The van der Waals surface area contributed by atoms with E-state index in [2.05, 4.69) is 5.10 Å². The topological polar surface area (TPSA) is 41.6 Å². The molecular weight excluding hydrogens is 260 g/mol. The van der Waals surface area contributed by atoms with Crippen molar-refractivity contribution >= 4 is 11.6 Å². The van der Waals surface area contributed by atoms with Crippen LogP contribution >= 0.6 is 11.6 Å². The van der Waals surface area contributed by atoms with Gasteiger partial charge in [-0.3, -0.25) is 0 Å². The van der Waals surface area contributed by atoms with Gasteiger partial charge >= 0.3 is 0 Å². The molecule has 0 saturated carbocycles. The summed E-state index contributed by atoms with van der Waals surface area (Å²) in [6, 6.07) is 8.66. The number of nitriles is 1. The minimum absolute atomic E-state index is 0.100. The van der Waals surface area contributed by atoms with Crippen LogP contribution < -0.4 is 0 Å². The molecule has 0 radical (unpaired) electrons. The average Bonchev–Trinajstić information content (AvgIpc) is 2.67. The second-order valence-electron chi connectivity index (χ2n) is 3.71. The molecule has 0 N–H and O–H groups in total. The Morgan fingerprint density at radius 3 is 2.39 bits per heavy atom.